The molecule has 0 spiro atoms. The van der Waals surface area contributed by atoms with Gasteiger partial charge in [0.05, 0.1) is 0 Å². The minimum atomic E-state index is -0.0384. The Labute approximate surface area is 121 Å². The molecule has 0 unspecified atom stereocenters. The third-order valence-corrected chi connectivity index (χ3v) is 2.90. The molecule has 112 valence electrons. The van der Waals surface area contributed by atoms with Gasteiger partial charge in [0.1, 0.15) is 5.82 Å². The molecule has 1 rings (SSSR count). The number of likely N-dealkylation sites (N-methyl/N-ethyl adjacent to an activating group) is 1. The summed E-state index contributed by atoms with van der Waals surface area (Å²) in [6.45, 7) is 6.48. The van der Waals surface area contributed by atoms with Crippen molar-refractivity contribution in [1.29, 1.82) is 0 Å². The molecule has 0 saturated carbocycles. The van der Waals surface area contributed by atoms with Crippen molar-refractivity contribution >= 4 is 11.7 Å². The van der Waals surface area contributed by atoms with Crippen LogP contribution in [0.4, 0.5) is 5.82 Å². The number of hydrogen-bond acceptors (Lipinski definition) is 4. The van der Waals surface area contributed by atoms with Crippen LogP contribution in [0.15, 0.2) is 12.1 Å². The molecule has 0 aliphatic rings. The number of rotatable bonds is 8. The molecule has 0 aromatic carbocycles. The number of nitrogens with one attached hydrogen (secondary N) is 2. The molecule has 0 aliphatic carbocycles. The quantitative estimate of drug-likeness (QED) is 0.761. The predicted molar refractivity (Wildman–Crippen MR) is 83.3 cm³/mol. The lowest BCUT2D eigenvalue weighted by molar-refractivity contribution is 0.0951. The Hall–Kier alpha value is -1.62. The zero-order valence-electron chi connectivity index (χ0n) is 13.0. The Bertz CT molecular complexity index is 432. The summed E-state index contributed by atoms with van der Waals surface area (Å²) in [6, 6.07) is 3.68. The zero-order valence-corrected chi connectivity index (χ0v) is 13.0. The van der Waals surface area contributed by atoms with Gasteiger partial charge in [-0.1, -0.05) is 13.8 Å². The van der Waals surface area contributed by atoms with Crippen LogP contribution in [0.1, 0.15) is 36.3 Å². The topological polar surface area (TPSA) is 57.3 Å². The monoisotopic (exact) mass is 278 g/mol. The number of carbonyl (C=O) groups excluding carboxylic acids is 1. The van der Waals surface area contributed by atoms with Gasteiger partial charge in [0.2, 0.25) is 0 Å². The largest absolute Gasteiger partial charge is 0.370 e. The summed E-state index contributed by atoms with van der Waals surface area (Å²) in [7, 11) is 3.97. The maximum absolute atomic E-state index is 12.1. The molecule has 0 aliphatic heterocycles. The van der Waals surface area contributed by atoms with Crippen LogP contribution >= 0.6 is 0 Å². The summed E-state index contributed by atoms with van der Waals surface area (Å²) in [4.78, 5) is 18.7. The second-order valence-corrected chi connectivity index (χ2v) is 5.07. The average Bonchev–Trinajstić information content (AvgIpc) is 2.44. The van der Waals surface area contributed by atoms with Crippen molar-refractivity contribution in [2.45, 2.75) is 26.7 Å². The van der Waals surface area contributed by atoms with Gasteiger partial charge in [-0.15, -0.1) is 0 Å². The molecule has 0 radical (unpaired) electrons. The molecule has 1 heterocycles. The Morgan fingerprint density at radius 2 is 2.00 bits per heavy atom. The molecule has 0 bridgehead atoms. The highest BCUT2D eigenvalue weighted by atomic mass is 16.1. The molecule has 0 atom stereocenters. The molecular weight excluding hydrogens is 252 g/mol. The minimum Gasteiger partial charge on any atom is -0.370 e. The highest BCUT2D eigenvalue weighted by Gasteiger charge is 2.09. The maximum atomic E-state index is 12.1. The lowest BCUT2D eigenvalue weighted by Gasteiger charge is -2.12. The van der Waals surface area contributed by atoms with E-state index in [4.69, 9.17) is 0 Å². The van der Waals surface area contributed by atoms with Crippen molar-refractivity contribution in [3.8, 4) is 0 Å². The SMILES string of the molecule is CCCNc1cc(C(=O)NCCN(C)C)cc(CC)n1. The molecule has 5 heteroatoms. The van der Waals surface area contributed by atoms with Crippen LogP contribution in [0, 0.1) is 0 Å². The predicted octanol–water partition coefficient (Wildman–Crippen LogP) is 1.76. The zero-order chi connectivity index (χ0) is 15.0. The summed E-state index contributed by atoms with van der Waals surface area (Å²) in [5, 5.41) is 6.17. The number of carbonyl (C=O) groups is 1. The van der Waals surface area contributed by atoms with Crippen molar-refractivity contribution in [3.05, 3.63) is 23.4 Å². The standard InChI is InChI=1S/C15H26N4O/c1-5-7-16-14-11-12(10-13(6-2)18-14)15(20)17-8-9-19(3)4/h10-11H,5-9H2,1-4H3,(H,16,18)(H,17,20). The molecule has 1 aromatic rings. The van der Waals surface area contributed by atoms with Crippen molar-refractivity contribution in [2.75, 3.05) is 39.0 Å². The van der Waals surface area contributed by atoms with Crippen LogP contribution in [0.3, 0.4) is 0 Å². The third-order valence-electron chi connectivity index (χ3n) is 2.90. The summed E-state index contributed by atoms with van der Waals surface area (Å²) < 4.78 is 0. The van der Waals surface area contributed by atoms with E-state index >= 15 is 0 Å². The van der Waals surface area contributed by atoms with Crippen molar-refractivity contribution in [1.82, 2.24) is 15.2 Å². The van der Waals surface area contributed by atoms with Crippen LogP contribution in [-0.2, 0) is 6.42 Å². The van der Waals surface area contributed by atoms with Gasteiger partial charge in [0, 0.05) is 30.9 Å². The number of anilines is 1. The van der Waals surface area contributed by atoms with E-state index in [0.29, 0.717) is 12.1 Å². The van der Waals surface area contributed by atoms with E-state index in [9.17, 15) is 4.79 Å². The van der Waals surface area contributed by atoms with Gasteiger partial charge in [-0.2, -0.15) is 0 Å². The van der Waals surface area contributed by atoms with Crippen molar-refractivity contribution in [3.63, 3.8) is 0 Å². The van der Waals surface area contributed by atoms with E-state index in [1.807, 2.05) is 38.1 Å². The Morgan fingerprint density at radius 1 is 1.25 bits per heavy atom. The summed E-state index contributed by atoms with van der Waals surface area (Å²) in [5.41, 5.74) is 1.61. The summed E-state index contributed by atoms with van der Waals surface area (Å²) in [6.07, 6.45) is 1.85. The van der Waals surface area contributed by atoms with E-state index in [-0.39, 0.29) is 5.91 Å². The molecule has 0 saturated heterocycles. The maximum Gasteiger partial charge on any atom is 0.251 e. The van der Waals surface area contributed by atoms with Crippen LogP contribution in [-0.4, -0.2) is 49.5 Å². The first kappa shape index (κ1) is 16.4. The molecule has 2 N–H and O–H groups in total. The normalized spacial score (nSPS) is 10.7. The lowest BCUT2D eigenvalue weighted by Crippen LogP contribution is -2.31. The van der Waals surface area contributed by atoms with Crippen molar-refractivity contribution in [2.24, 2.45) is 0 Å². The highest BCUT2D eigenvalue weighted by Crippen LogP contribution is 2.11. The van der Waals surface area contributed by atoms with Gasteiger partial charge in [-0.05, 0) is 39.1 Å². The first-order valence-electron chi connectivity index (χ1n) is 7.24. The molecule has 20 heavy (non-hydrogen) atoms. The summed E-state index contributed by atoms with van der Waals surface area (Å²) in [5.74, 6) is 0.743. The minimum absolute atomic E-state index is 0.0384. The fourth-order valence-electron chi connectivity index (χ4n) is 1.74. The van der Waals surface area contributed by atoms with Crippen LogP contribution in [0.25, 0.3) is 0 Å². The molecule has 5 nitrogen and oxygen atoms in total. The molecule has 1 amide bonds. The van der Waals surface area contributed by atoms with Crippen LogP contribution < -0.4 is 10.6 Å². The second kappa shape index (κ2) is 8.53. The second-order valence-electron chi connectivity index (χ2n) is 5.07. The molecule has 1 aromatic heterocycles. The number of pyridine rings is 1. The fourth-order valence-corrected chi connectivity index (χ4v) is 1.74. The van der Waals surface area contributed by atoms with Crippen LogP contribution in [0.5, 0.6) is 0 Å². The number of aryl methyl sites for hydroxylation is 1. The first-order chi connectivity index (χ1) is 9.56. The molecule has 0 fully saturated rings. The van der Waals surface area contributed by atoms with E-state index in [0.717, 1.165) is 37.4 Å². The highest BCUT2D eigenvalue weighted by molar-refractivity contribution is 5.95. The molecular formula is C15H26N4O. The number of hydrogen-bond donors (Lipinski definition) is 2. The average molecular weight is 278 g/mol. The Kier molecular flexibility index (Phi) is 7.01. The Balaban J connectivity index is 2.73. The number of nitrogens with zero attached hydrogens (tertiary/aromatic N) is 2. The van der Waals surface area contributed by atoms with Gasteiger partial charge in [-0.25, -0.2) is 4.98 Å². The van der Waals surface area contributed by atoms with Gasteiger partial charge in [0.15, 0.2) is 0 Å². The Morgan fingerprint density at radius 3 is 2.60 bits per heavy atom. The van der Waals surface area contributed by atoms with Crippen LogP contribution in [0.2, 0.25) is 0 Å². The van der Waals surface area contributed by atoms with Gasteiger partial charge in [0.25, 0.3) is 5.91 Å². The fraction of sp³-hybridized carbons (Fsp3) is 0.600. The van der Waals surface area contributed by atoms with Crippen molar-refractivity contribution < 1.29 is 4.79 Å². The number of amides is 1. The lowest BCUT2D eigenvalue weighted by atomic mass is 10.2. The van der Waals surface area contributed by atoms with E-state index in [1.165, 1.54) is 0 Å². The van der Waals surface area contributed by atoms with E-state index in [1.54, 1.807) is 0 Å². The van der Waals surface area contributed by atoms with Gasteiger partial charge >= 0.3 is 0 Å². The van der Waals surface area contributed by atoms with E-state index in [2.05, 4.69) is 22.5 Å². The van der Waals surface area contributed by atoms with E-state index < -0.39 is 0 Å². The van der Waals surface area contributed by atoms with Gasteiger partial charge < -0.3 is 15.5 Å². The van der Waals surface area contributed by atoms with Gasteiger partial charge in [-0.3, -0.25) is 4.79 Å². The first-order valence-corrected chi connectivity index (χ1v) is 7.24. The summed E-state index contributed by atoms with van der Waals surface area (Å²) >= 11 is 0. The smallest absolute Gasteiger partial charge is 0.251 e. The third kappa shape index (κ3) is 5.57. The number of aromatic nitrogens is 1.